The first-order chi connectivity index (χ1) is 15.7. The minimum Gasteiger partial charge on any atom is -0.324 e. The molecule has 0 rings (SSSR count). The number of hydrogen-bond acceptors (Lipinski definition) is 2. The van der Waals surface area contributed by atoms with Crippen LogP contribution in [-0.2, 0) is 9.09 Å². The number of hydrogen-bond donors (Lipinski definition) is 2. The van der Waals surface area contributed by atoms with Crippen molar-refractivity contribution in [2.45, 2.75) is 125 Å². The van der Waals surface area contributed by atoms with Crippen molar-refractivity contribution in [3.63, 3.8) is 0 Å². The van der Waals surface area contributed by atoms with Gasteiger partial charge >= 0.3 is 7.82 Å². The quantitative estimate of drug-likeness (QED) is 0.0705. The Morgan fingerprint density at radius 2 is 1.09 bits per heavy atom. The van der Waals surface area contributed by atoms with Crippen molar-refractivity contribution in [3.05, 3.63) is 0 Å². The van der Waals surface area contributed by atoms with E-state index in [9.17, 15) is 14.4 Å². The zero-order valence-corrected chi connectivity index (χ0v) is 24.0. The number of rotatable bonds is 23. The third-order valence-electron chi connectivity index (χ3n) is 7.64. The summed E-state index contributed by atoms with van der Waals surface area (Å²) in [6.07, 6.45) is 12.9. The van der Waals surface area contributed by atoms with Crippen molar-refractivity contribution in [1.82, 2.24) is 0 Å². The van der Waals surface area contributed by atoms with Crippen LogP contribution < -0.4 is 0 Å². The molecule has 0 aromatic rings. The molecule has 7 heteroatoms. The second kappa shape index (κ2) is 18.3. The molecule has 0 aliphatic heterocycles. The SMILES string of the molecule is CCCC[N+](CC)(CCCC)CCCCCC(OP(=O)(O)O)[N+](CC)(CCCC)CCCC. The van der Waals surface area contributed by atoms with Gasteiger partial charge in [0.05, 0.1) is 45.8 Å². The van der Waals surface area contributed by atoms with Gasteiger partial charge in [-0.05, 0) is 58.8 Å². The smallest absolute Gasteiger partial charge is 0.324 e. The molecular weight excluding hydrogens is 435 g/mol. The molecule has 6 nitrogen and oxygen atoms in total. The van der Waals surface area contributed by atoms with E-state index >= 15 is 0 Å². The fraction of sp³-hybridized carbons (Fsp3) is 1.00. The maximum Gasteiger partial charge on any atom is 0.474 e. The van der Waals surface area contributed by atoms with Crippen molar-refractivity contribution in [2.75, 3.05) is 45.8 Å². The number of phosphoric ester groups is 1. The summed E-state index contributed by atoms with van der Waals surface area (Å²) in [5.41, 5.74) is 0. The number of quaternary nitrogens is 2. The van der Waals surface area contributed by atoms with Gasteiger partial charge in [-0.3, -0.25) is 4.48 Å². The van der Waals surface area contributed by atoms with E-state index in [0.29, 0.717) is 4.48 Å². The molecule has 0 saturated heterocycles. The third-order valence-corrected chi connectivity index (χ3v) is 8.16. The van der Waals surface area contributed by atoms with Crippen LogP contribution in [-0.4, -0.2) is 70.8 Å². The van der Waals surface area contributed by atoms with Crippen LogP contribution >= 0.6 is 7.82 Å². The van der Waals surface area contributed by atoms with Gasteiger partial charge in [-0.15, -0.1) is 0 Å². The maximum absolute atomic E-state index is 11.9. The molecule has 1 atom stereocenters. The van der Waals surface area contributed by atoms with E-state index in [2.05, 4.69) is 41.5 Å². The van der Waals surface area contributed by atoms with Crippen molar-refractivity contribution < 1.29 is 27.8 Å². The lowest BCUT2D eigenvalue weighted by atomic mass is 10.1. The molecule has 0 radical (unpaired) electrons. The van der Waals surface area contributed by atoms with E-state index in [1.54, 1.807) is 0 Å². The topological polar surface area (TPSA) is 66.8 Å². The highest BCUT2D eigenvalue weighted by atomic mass is 31.2. The average molecular weight is 495 g/mol. The van der Waals surface area contributed by atoms with Gasteiger partial charge in [-0.1, -0.05) is 53.4 Å². The second-order valence-electron chi connectivity index (χ2n) is 10.1. The highest BCUT2D eigenvalue weighted by molar-refractivity contribution is 7.46. The Bertz CT molecular complexity index is 497. The lowest BCUT2D eigenvalue weighted by Crippen LogP contribution is -2.57. The number of unbranched alkanes of at least 4 members (excludes halogenated alkanes) is 6. The summed E-state index contributed by atoms with van der Waals surface area (Å²) in [6, 6.07) is 0. The van der Waals surface area contributed by atoms with Crippen LogP contribution in [0.5, 0.6) is 0 Å². The zero-order valence-electron chi connectivity index (χ0n) is 23.1. The van der Waals surface area contributed by atoms with E-state index in [1.807, 2.05) is 0 Å². The molecular formula is C26H59N2O4P+2. The first kappa shape index (κ1) is 33.0. The first-order valence-corrected chi connectivity index (χ1v) is 15.7. The van der Waals surface area contributed by atoms with E-state index in [-0.39, 0.29) is 0 Å². The lowest BCUT2D eigenvalue weighted by molar-refractivity contribution is -0.967. The Balaban J connectivity index is 5.19. The average Bonchev–Trinajstić information content (AvgIpc) is 2.79. The van der Waals surface area contributed by atoms with Gasteiger partial charge in [0.1, 0.15) is 0 Å². The van der Waals surface area contributed by atoms with Gasteiger partial charge in [0.25, 0.3) is 0 Å². The van der Waals surface area contributed by atoms with Gasteiger partial charge < -0.3 is 14.3 Å². The number of nitrogens with zero attached hydrogens (tertiary/aromatic N) is 2. The molecule has 0 aliphatic rings. The molecule has 0 fully saturated rings. The second-order valence-corrected chi connectivity index (χ2v) is 11.3. The largest absolute Gasteiger partial charge is 0.474 e. The minimum absolute atomic E-state index is 0.417. The highest BCUT2D eigenvalue weighted by Gasteiger charge is 2.39. The van der Waals surface area contributed by atoms with Crippen molar-refractivity contribution in [1.29, 1.82) is 0 Å². The van der Waals surface area contributed by atoms with Gasteiger partial charge in [0, 0.05) is 6.42 Å². The fourth-order valence-electron chi connectivity index (χ4n) is 5.19. The van der Waals surface area contributed by atoms with E-state index in [1.165, 1.54) is 62.8 Å². The van der Waals surface area contributed by atoms with E-state index in [4.69, 9.17) is 4.52 Å². The molecule has 200 valence electrons. The summed E-state index contributed by atoms with van der Waals surface area (Å²) in [5.74, 6) is 0. The van der Waals surface area contributed by atoms with Crippen molar-refractivity contribution in [2.24, 2.45) is 0 Å². The highest BCUT2D eigenvalue weighted by Crippen LogP contribution is 2.41. The monoisotopic (exact) mass is 494 g/mol. The van der Waals surface area contributed by atoms with Gasteiger partial charge in [0.2, 0.25) is 6.23 Å². The van der Waals surface area contributed by atoms with Crippen LogP contribution in [0.3, 0.4) is 0 Å². The van der Waals surface area contributed by atoms with Crippen LogP contribution in [0.15, 0.2) is 0 Å². The van der Waals surface area contributed by atoms with Gasteiger partial charge in [-0.25, -0.2) is 9.09 Å². The first-order valence-electron chi connectivity index (χ1n) is 14.1. The van der Waals surface area contributed by atoms with Gasteiger partial charge in [0.15, 0.2) is 0 Å². The van der Waals surface area contributed by atoms with E-state index in [0.717, 1.165) is 64.6 Å². The van der Waals surface area contributed by atoms with E-state index < -0.39 is 14.1 Å². The molecule has 0 aliphatic carbocycles. The summed E-state index contributed by atoms with van der Waals surface area (Å²) in [5, 5.41) is 0. The van der Waals surface area contributed by atoms with Crippen molar-refractivity contribution in [3.8, 4) is 0 Å². The van der Waals surface area contributed by atoms with Crippen LogP contribution in [0.4, 0.5) is 0 Å². The molecule has 0 amide bonds. The molecule has 0 saturated carbocycles. The summed E-state index contributed by atoms with van der Waals surface area (Å²) in [7, 11) is -4.53. The Morgan fingerprint density at radius 3 is 1.48 bits per heavy atom. The zero-order chi connectivity index (χ0) is 25.2. The predicted octanol–water partition coefficient (Wildman–Crippen LogP) is 6.86. The minimum atomic E-state index is -4.53. The summed E-state index contributed by atoms with van der Waals surface area (Å²) in [4.78, 5) is 19.4. The van der Waals surface area contributed by atoms with Crippen molar-refractivity contribution >= 4 is 7.82 Å². The molecule has 33 heavy (non-hydrogen) atoms. The normalized spacial score (nSPS) is 14.1. The lowest BCUT2D eigenvalue weighted by Gasteiger charge is -2.44. The summed E-state index contributed by atoms with van der Waals surface area (Å²) < 4.78 is 19.3. The Morgan fingerprint density at radius 1 is 0.636 bits per heavy atom. The maximum atomic E-state index is 11.9. The molecule has 0 spiro atoms. The molecule has 0 aromatic carbocycles. The van der Waals surface area contributed by atoms with Crippen LogP contribution in [0, 0.1) is 0 Å². The molecule has 1 unspecified atom stereocenters. The molecule has 0 bridgehead atoms. The molecule has 0 heterocycles. The molecule has 0 aromatic heterocycles. The predicted molar refractivity (Wildman–Crippen MR) is 141 cm³/mol. The Kier molecular flexibility index (Phi) is 18.3. The van der Waals surface area contributed by atoms with Crippen LogP contribution in [0.25, 0.3) is 0 Å². The Labute approximate surface area is 206 Å². The fourth-order valence-corrected chi connectivity index (χ4v) is 5.81. The number of phosphoric acid groups is 1. The van der Waals surface area contributed by atoms with Gasteiger partial charge in [-0.2, -0.15) is 0 Å². The third kappa shape index (κ3) is 13.6. The standard InChI is InChI=1S/C26H57N2O4P/c1-7-13-21-27(11-5,22-14-8-2)23-19-17-18-20-26(32-33(29,30)31)28(12-6,24-15-9-3)25-16-10-4/h26H,7-25H2,1-6H3/p+2. The molecule has 2 N–H and O–H groups in total. The van der Waals surface area contributed by atoms with Crippen LogP contribution in [0.2, 0.25) is 0 Å². The Hall–Kier alpha value is 0.0300. The van der Waals surface area contributed by atoms with Crippen LogP contribution in [0.1, 0.15) is 119 Å². The summed E-state index contributed by atoms with van der Waals surface area (Å²) in [6.45, 7) is 21.1. The summed E-state index contributed by atoms with van der Waals surface area (Å²) >= 11 is 0.